The van der Waals surface area contributed by atoms with E-state index in [1.54, 1.807) is 29.2 Å². The number of benzene rings is 1. The SMILES string of the molecule is CCNCc1sc(-c2c(F)cccc2SC)nc1C. The Balaban J connectivity index is 2.42. The minimum absolute atomic E-state index is 0.199. The number of hydrogen-bond acceptors (Lipinski definition) is 4. The second-order valence-corrected chi connectivity index (χ2v) is 6.06. The molecule has 1 N–H and O–H groups in total. The van der Waals surface area contributed by atoms with Crippen molar-refractivity contribution in [3.63, 3.8) is 0 Å². The van der Waals surface area contributed by atoms with E-state index in [1.807, 2.05) is 19.2 Å². The largest absolute Gasteiger partial charge is 0.312 e. The maximum absolute atomic E-state index is 14.1. The van der Waals surface area contributed by atoms with E-state index >= 15 is 0 Å². The lowest BCUT2D eigenvalue weighted by Crippen LogP contribution is -2.11. The molecule has 0 spiro atoms. The van der Waals surface area contributed by atoms with E-state index in [4.69, 9.17) is 0 Å². The standard InChI is InChI=1S/C14H17FN2S2/c1-4-16-8-12-9(2)17-14(19-12)13-10(15)6-5-7-11(13)18-3/h5-7,16H,4,8H2,1-3H3. The Morgan fingerprint density at radius 2 is 2.21 bits per heavy atom. The molecule has 5 heteroatoms. The van der Waals surface area contributed by atoms with Crippen LogP contribution in [0.3, 0.4) is 0 Å². The molecule has 1 aromatic heterocycles. The van der Waals surface area contributed by atoms with Gasteiger partial charge in [-0.05, 0) is 31.9 Å². The molecule has 2 aromatic rings. The summed E-state index contributed by atoms with van der Waals surface area (Å²) >= 11 is 3.12. The van der Waals surface area contributed by atoms with Crippen LogP contribution in [0.5, 0.6) is 0 Å². The predicted octanol–water partition coefficient (Wildman–Crippen LogP) is 4.09. The van der Waals surface area contributed by atoms with Crippen molar-refractivity contribution in [2.24, 2.45) is 0 Å². The predicted molar refractivity (Wildman–Crippen MR) is 81.4 cm³/mol. The summed E-state index contributed by atoms with van der Waals surface area (Å²) < 4.78 is 14.1. The highest BCUT2D eigenvalue weighted by atomic mass is 32.2. The Hall–Kier alpha value is -0.910. The minimum Gasteiger partial charge on any atom is -0.312 e. The second kappa shape index (κ2) is 6.50. The first-order valence-electron chi connectivity index (χ1n) is 6.17. The lowest BCUT2D eigenvalue weighted by Gasteiger charge is -2.05. The zero-order chi connectivity index (χ0) is 13.8. The molecule has 0 bridgehead atoms. The van der Waals surface area contributed by atoms with Crippen LogP contribution in [-0.4, -0.2) is 17.8 Å². The molecule has 0 fully saturated rings. The Morgan fingerprint density at radius 1 is 1.42 bits per heavy atom. The lowest BCUT2D eigenvalue weighted by atomic mass is 10.2. The van der Waals surface area contributed by atoms with E-state index in [1.165, 1.54) is 10.9 Å². The number of thiazole rings is 1. The van der Waals surface area contributed by atoms with Gasteiger partial charge >= 0.3 is 0 Å². The number of rotatable bonds is 5. The van der Waals surface area contributed by atoms with Crippen LogP contribution in [-0.2, 0) is 6.54 Å². The maximum atomic E-state index is 14.1. The molecule has 0 radical (unpaired) electrons. The van der Waals surface area contributed by atoms with Crippen molar-refractivity contribution in [3.8, 4) is 10.6 Å². The van der Waals surface area contributed by atoms with Crippen molar-refractivity contribution < 1.29 is 4.39 Å². The minimum atomic E-state index is -0.199. The van der Waals surface area contributed by atoms with E-state index in [0.29, 0.717) is 5.56 Å². The van der Waals surface area contributed by atoms with Gasteiger partial charge in [0.25, 0.3) is 0 Å². The average molecular weight is 296 g/mol. The number of nitrogens with one attached hydrogen (secondary N) is 1. The van der Waals surface area contributed by atoms with Crippen molar-refractivity contribution in [2.45, 2.75) is 25.3 Å². The third kappa shape index (κ3) is 3.16. The Kier molecular flexibility index (Phi) is 4.96. The smallest absolute Gasteiger partial charge is 0.134 e. The van der Waals surface area contributed by atoms with Gasteiger partial charge in [0.2, 0.25) is 0 Å². The summed E-state index contributed by atoms with van der Waals surface area (Å²) in [5, 5.41) is 4.06. The van der Waals surface area contributed by atoms with Crippen LogP contribution in [0.2, 0.25) is 0 Å². The molecular weight excluding hydrogens is 279 g/mol. The third-order valence-electron chi connectivity index (χ3n) is 2.84. The van der Waals surface area contributed by atoms with Gasteiger partial charge in [0.1, 0.15) is 10.8 Å². The first kappa shape index (κ1) is 14.5. The number of nitrogens with zero attached hydrogens (tertiary/aromatic N) is 1. The number of halogens is 1. The van der Waals surface area contributed by atoms with Crippen molar-refractivity contribution in [3.05, 3.63) is 34.6 Å². The molecule has 102 valence electrons. The van der Waals surface area contributed by atoms with Gasteiger partial charge in [-0.1, -0.05) is 13.0 Å². The number of aromatic nitrogens is 1. The fraction of sp³-hybridized carbons (Fsp3) is 0.357. The summed E-state index contributed by atoms with van der Waals surface area (Å²) in [7, 11) is 0. The Labute approximate surface area is 121 Å². The zero-order valence-electron chi connectivity index (χ0n) is 11.3. The Bertz CT molecular complexity index is 567. The van der Waals surface area contributed by atoms with Gasteiger partial charge in [-0.3, -0.25) is 0 Å². The van der Waals surface area contributed by atoms with Crippen molar-refractivity contribution in [2.75, 3.05) is 12.8 Å². The fourth-order valence-electron chi connectivity index (χ4n) is 1.82. The van der Waals surface area contributed by atoms with Crippen LogP contribution < -0.4 is 5.32 Å². The molecule has 1 aromatic carbocycles. The normalized spacial score (nSPS) is 10.9. The zero-order valence-corrected chi connectivity index (χ0v) is 12.9. The molecular formula is C14H17FN2S2. The van der Waals surface area contributed by atoms with Crippen LogP contribution in [0.15, 0.2) is 23.1 Å². The first-order valence-corrected chi connectivity index (χ1v) is 8.21. The monoisotopic (exact) mass is 296 g/mol. The molecule has 19 heavy (non-hydrogen) atoms. The van der Waals surface area contributed by atoms with Gasteiger partial charge < -0.3 is 5.32 Å². The summed E-state index contributed by atoms with van der Waals surface area (Å²) in [6.07, 6.45) is 1.96. The van der Waals surface area contributed by atoms with Crippen molar-refractivity contribution >= 4 is 23.1 Å². The van der Waals surface area contributed by atoms with Crippen LogP contribution in [0.1, 0.15) is 17.5 Å². The quantitative estimate of drug-likeness (QED) is 0.841. The summed E-state index contributed by atoms with van der Waals surface area (Å²) in [5.74, 6) is -0.199. The van der Waals surface area contributed by atoms with E-state index < -0.39 is 0 Å². The van der Waals surface area contributed by atoms with Crippen molar-refractivity contribution in [1.82, 2.24) is 10.3 Å². The van der Waals surface area contributed by atoms with E-state index in [0.717, 1.165) is 28.7 Å². The Morgan fingerprint density at radius 3 is 2.89 bits per heavy atom. The first-order chi connectivity index (χ1) is 9.17. The maximum Gasteiger partial charge on any atom is 0.134 e. The highest BCUT2D eigenvalue weighted by molar-refractivity contribution is 7.98. The molecule has 0 aliphatic rings. The van der Waals surface area contributed by atoms with Gasteiger partial charge in [0, 0.05) is 16.3 Å². The summed E-state index contributed by atoms with van der Waals surface area (Å²) in [6, 6.07) is 5.17. The molecule has 0 saturated carbocycles. The molecule has 0 unspecified atom stereocenters. The third-order valence-corrected chi connectivity index (χ3v) is 4.79. The molecule has 0 amide bonds. The van der Waals surface area contributed by atoms with Crippen LogP contribution in [0.25, 0.3) is 10.6 Å². The van der Waals surface area contributed by atoms with Crippen LogP contribution >= 0.6 is 23.1 Å². The highest BCUT2D eigenvalue weighted by Crippen LogP contribution is 2.36. The average Bonchev–Trinajstić information content (AvgIpc) is 2.76. The summed E-state index contributed by atoms with van der Waals surface area (Å²) in [6.45, 7) is 5.76. The summed E-state index contributed by atoms with van der Waals surface area (Å²) in [5.41, 5.74) is 1.61. The number of aryl methyl sites for hydroxylation is 1. The van der Waals surface area contributed by atoms with Crippen LogP contribution in [0.4, 0.5) is 4.39 Å². The molecule has 2 rings (SSSR count). The van der Waals surface area contributed by atoms with E-state index in [-0.39, 0.29) is 5.82 Å². The van der Waals surface area contributed by atoms with E-state index in [9.17, 15) is 4.39 Å². The highest BCUT2D eigenvalue weighted by Gasteiger charge is 2.16. The summed E-state index contributed by atoms with van der Waals surface area (Å²) in [4.78, 5) is 6.64. The number of hydrogen-bond donors (Lipinski definition) is 1. The molecule has 2 nitrogen and oxygen atoms in total. The van der Waals surface area contributed by atoms with Gasteiger partial charge in [0.05, 0.1) is 11.3 Å². The van der Waals surface area contributed by atoms with Gasteiger partial charge in [-0.15, -0.1) is 23.1 Å². The molecule has 0 aliphatic heterocycles. The van der Waals surface area contributed by atoms with Gasteiger partial charge in [-0.2, -0.15) is 0 Å². The topological polar surface area (TPSA) is 24.9 Å². The molecule has 0 aliphatic carbocycles. The van der Waals surface area contributed by atoms with Crippen LogP contribution in [0, 0.1) is 12.7 Å². The molecule has 0 atom stereocenters. The number of thioether (sulfide) groups is 1. The lowest BCUT2D eigenvalue weighted by molar-refractivity contribution is 0.628. The van der Waals surface area contributed by atoms with Crippen molar-refractivity contribution in [1.29, 1.82) is 0 Å². The van der Waals surface area contributed by atoms with E-state index in [2.05, 4.69) is 17.2 Å². The second-order valence-electron chi connectivity index (χ2n) is 4.13. The van der Waals surface area contributed by atoms with Gasteiger partial charge in [-0.25, -0.2) is 9.37 Å². The van der Waals surface area contributed by atoms with Gasteiger partial charge in [0.15, 0.2) is 0 Å². The molecule has 0 saturated heterocycles. The molecule has 1 heterocycles. The fourth-order valence-corrected chi connectivity index (χ4v) is 3.59.